The lowest BCUT2D eigenvalue weighted by Crippen LogP contribution is -1.96. The van der Waals surface area contributed by atoms with Crippen LogP contribution in [-0.2, 0) is 6.42 Å². The molecule has 0 atom stereocenters. The van der Waals surface area contributed by atoms with E-state index < -0.39 is 0 Å². The van der Waals surface area contributed by atoms with Crippen LogP contribution in [-0.4, -0.2) is 4.92 Å². The van der Waals surface area contributed by atoms with Gasteiger partial charge in [0.15, 0.2) is 0 Å². The number of benzene rings is 2. The molecular formula is C14H10N2O2. The minimum absolute atomic E-state index is 0.127. The second-order valence-electron chi connectivity index (χ2n) is 3.87. The van der Waals surface area contributed by atoms with E-state index in [1.54, 1.807) is 30.3 Å². The van der Waals surface area contributed by atoms with E-state index in [4.69, 9.17) is 5.26 Å². The maximum Gasteiger partial charge on any atom is 0.272 e. The van der Waals surface area contributed by atoms with Crippen molar-refractivity contribution in [2.45, 2.75) is 6.42 Å². The van der Waals surface area contributed by atoms with Crippen molar-refractivity contribution in [1.29, 1.82) is 5.26 Å². The van der Waals surface area contributed by atoms with Gasteiger partial charge in [-0.05, 0) is 17.7 Å². The third-order valence-electron chi connectivity index (χ3n) is 2.67. The Labute approximate surface area is 104 Å². The monoisotopic (exact) mass is 238 g/mol. The summed E-state index contributed by atoms with van der Waals surface area (Å²) in [5, 5.41) is 19.6. The Morgan fingerprint density at radius 3 is 2.39 bits per heavy atom. The molecule has 0 amide bonds. The van der Waals surface area contributed by atoms with Crippen LogP contribution in [0.1, 0.15) is 16.7 Å². The summed E-state index contributed by atoms with van der Waals surface area (Å²) in [6.07, 6.45) is 0.489. The maximum absolute atomic E-state index is 10.9. The van der Waals surface area contributed by atoms with E-state index in [2.05, 4.69) is 0 Å². The van der Waals surface area contributed by atoms with Crippen LogP contribution in [0.5, 0.6) is 0 Å². The van der Waals surface area contributed by atoms with Crippen LogP contribution in [0, 0.1) is 21.4 Å². The Morgan fingerprint density at radius 2 is 1.78 bits per heavy atom. The highest BCUT2D eigenvalue weighted by atomic mass is 16.6. The van der Waals surface area contributed by atoms with Gasteiger partial charge in [0.25, 0.3) is 5.69 Å². The molecule has 2 aromatic carbocycles. The summed E-state index contributed by atoms with van der Waals surface area (Å²) in [7, 11) is 0. The molecule has 2 aromatic rings. The Kier molecular flexibility index (Phi) is 3.35. The van der Waals surface area contributed by atoms with E-state index in [1.807, 2.05) is 18.2 Å². The molecule has 0 aliphatic heterocycles. The van der Waals surface area contributed by atoms with Crippen LogP contribution in [0.2, 0.25) is 0 Å². The number of nitro benzene ring substituents is 1. The molecule has 0 bridgehead atoms. The Bertz CT molecular complexity index is 612. The SMILES string of the molecule is N#Cc1ccc(Cc2ccccc2[N+](=O)[O-])cc1. The van der Waals surface area contributed by atoms with Crippen molar-refractivity contribution >= 4 is 5.69 Å². The molecule has 0 spiro atoms. The van der Waals surface area contributed by atoms with Crippen molar-refractivity contribution in [3.8, 4) is 6.07 Å². The quantitative estimate of drug-likeness (QED) is 0.609. The second-order valence-corrected chi connectivity index (χ2v) is 3.87. The minimum atomic E-state index is -0.376. The molecule has 18 heavy (non-hydrogen) atoms. The number of hydrogen-bond acceptors (Lipinski definition) is 3. The Balaban J connectivity index is 2.28. The number of rotatable bonds is 3. The van der Waals surface area contributed by atoms with E-state index in [-0.39, 0.29) is 10.6 Å². The zero-order valence-electron chi connectivity index (χ0n) is 9.54. The molecule has 4 heteroatoms. The van der Waals surface area contributed by atoms with Gasteiger partial charge in [-0.15, -0.1) is 0 Å². The van der Waals surface area contributed by atoms with E-state index in [0.717, 1.165) is 5.56 Å². The van der Waals surface area contributed by atoms with Crippen molar-refractivity contribution in [2.24, 2.45) is 0 Å². The van der Waals surface area contributed by atoms with Crippen LogP contribution >= 0.6 is 0 Å². The first-order valence-corrected chi connectivity index (χ1v) is 5.42. The number of para-hydroxylation sites is 1. The lowest BCUT2D eigenvalue weighted by atomic mass is 10.0. The Morgan fingerprint density at radius 1 is 1.11 bits per heavy atom. The van der Waals surface area contributed by atoms with Crippen molar-refractivity contribution in [3.05, 3.63) is 75.3 Å². The van der Waals surface area contributed by atoms with Crippen LogP contribution in [0.3, 0.4) is 0 Å². The fourth-order valence-electron chi connectivity index (χ4n) is 1.76. The molecule has 0 unspecified atom stereocenters. The van der Waals surface area contributed by atoms with Gasteiger partial charge in [0, 0.05) is 18.1 Å². The van der Waals surface area contributed by atoms with Gasteiger partial charge in [0.05, 0.1) is 16.6 Å². The molecule has 0 heterocycles. The van der Waals surface area contributed by atoms with Gasteiger partial charge < -0.3 is 0 Å². The molecule has 0 fully saturated rings. The van der Waals surface area contributed by atoms with Crippen LogP contribution in [0.4, 0.5) is 5.69 Å². The van der Waals surface area contributed by atoms with Crippen molar-refractivity contribution in [3.63, 3.8) is 0 Å². The largest absolute Gasteiger partial charge is 0.272 e. The van der Waals surface area contributed by atoms with E-state index in [1.165, 1.54) is 6.07 Å². The molecule has 0 radical (unpaired) electrons. The van der Waals surface area contributed by atoms with Gasteiger partial charge in [-0.25, -0.2) is 0 Å². The van der Waals surface area contributed by atoms with Crippen molar-refractivity contribution < 1.29 is 4.92 Å². The molecule has 88 valence electrons. The van der Waals surface area contributed by atoms with Crippen molar-refractivity contribution in [2.75, 3.05) is 0 Å². The van der Waals surface area contributed by atoms with Crippen molar-refractivity contribution in [1.82, 2.24) is 0 Å². The molecular weight excluding hydrogens is 228 g/mol. The van der Waals surface area contributed by atoms with Crippen LogP contribution < -0.4 is 0 Å². The first kappa shape index (κ1) is 11.8. The lowest BCUT2D eigenvalue weighted by molar-refractivity contribution is -0.385. The fraction of sp³-hybridized carbons (Fsp3) is 0.0714. The number of nitro groups is 1. The van der Waals surface area contributed by atoms with Crippen LogP contribution in [0.25, 0.3) is 0 Å². The first-order valence-electron chi connectivity index (χ1n) is 5.42. The lowest BCUT2D eigenvalue weighted by Gasteiger charge is -2.03. The highest BCUT2D eigenvalue weighted by Crippen LogP contribution is 2.21. The summed E-state index contributed by atoms with van der Waals surface area (Å²) < 4.78 is 0. The molecule has 0 saturated heterocycles. The summed E-state index contributed by atoms with van der Waals surface area (Å²) >= 11 is 0. The molecule has 0 N–H and O–H groups in total. The highest BCUT2D eigenvalue weighted by molar-refractivity contribution is 5.43. The average Bonchev–Trinajstić information content (AvgIpc) is 2.40. The third-order valence-corrected chi connectivity index (χ3v) is 2.67. The summed E-state index contributed by atoms with van der Waals surface area (Å²) in [6, 6.07) is 15.8. The smallest absolute Gasteiger partial charge is 0.258 e. The van der Waals surface area contributed by atoms with E-state index in [9.17, 15) is 10.1 Å². The van der Waals surface area contributed by atoms with Gasteiger partial charge in [0.2, 0.25) is 0 Å². The van der Waals surface area contributed by atoms with Gasteiger partial charge in [-0.1, -0.05) is 30.3 Å². The molecule has 0 saturated carbocycles. The molecule has 2 rings (SSSR count). The summed E-state index contributed by atoms with van der Waals surface area (Å²) in [6.45, 7) is 0. The standard InChI is InChI=1S/C14H10N2O2/c15-10-12-7-5-11(6-8-12)9-13-3-1-2-4-14(13)16(17)18/h1-8H,9H2. The average molecular weight is 238 g/mol. The van der Waals surface area contributed by atoms with Gasteiger partial charge in [-0.3, -0.25) is 10.1 Å². The molecule has 0 aliphatic carbocycles. The molecule has 4 nitrogen and oxygen atoms in total. The molecule has 0 aromatic heterocycles. The summed E-state index contributed by atoms with van der Waals surface area (Å²) in [5.41, 5.74) is 2.33. The number of nitrogens with zero attached hydrogens (tertiary/aromatic N) is 2. The fourth-order valence-corrected chi connectivity index (χ4v) is 1.76. The second kappa shape index (κ2) is 5.11. The van der Waals surface area contributed by atoms with E-state index in [0.29, 0.717) is 17.5 Å². The normalized spacial score (nSPS) is 9.72. The molecule has 0 aliphatic rings. The predicted molar refractivity (Wildman–Crippen MR) is 67.1 cm³/mol. The zero-order valence-corrected chi connectivity index (χ0v) is 9.54. The highest BCUT2D eigenvalue weighted by Gasteiger charge is 2.12. The topological polar surface area (TPSA) is 66.9 Å². The number of hydrogen-bond donors (Lipinski definition) is 0. The summed E-state index contributed by atoms with van der Waals surface area (Å²) in [4.78, 5) is 10.5. The zero-order chi connectivity index (χ0) is 13.0. The minimum Gasteiger partial charge on any atom is -0.258 e. The first-order chi connectivity index (χ1) is 8.70. The van der Waals surface area contributed by atoms with Gasteiger partial charge in [0.1, 0.15) is 0 Å². The Hall–Kier alpha value is -2.67. The number of nitriles is 1. The maximum atomic E-state index is 10.9. The van der Waals surface area contributed by atoms with Gasteiger partial charge in [-0.2, -0.15) is 5.26 Å². The summed E-state index contributed by atoms with van der Waals surface area (Å²) in [5.74, 6) is 0. The van der Waals surface area contributed by atoms with Crippen LogP contribution in [0.15, 0.2) is 48.5 Å². The van der Waals surface area contributed by atoms with Gasteiger partial charge >= 0.3 is 0 Å². The third kappa shape index (κ3) is 2.53. The van der Waals surface area contributed by atoms with E-state index >= 15 is 0 Å². The predicted octanol–water partition coefficient (Wildman–Crippen LogP) is 3.06.